The van der Waals surface area contributed by atoms with Gasteiger partial charge in [-0.3, -0.25) is 9.78 Å². The van der Waals surface area contributed by atoms with Crippen molar-refractivity contribution in [3.63, 3.8) is 0 Å². The van der Waals surface area contributed by atoms with E-state index in [0.29, 0.717) is 23.2 Å². The quantitative estimate of drug-likeness (QED) is 0.662. The number of anilines is 2. The van der Waals surface area contributed by atoms with Crippen LogP contribution < -0.4 is 11.1 Å². The maximum absolute atomic E-state index is 12.9. The van der Waals surface area contributed by atoms with E-state index in [1.165, 1.54) is 6.07 Å². The van der Waals surface area contributed by atoms with Crippen LogP contribution in [0.5, 0.6) is 0 Å². The lowest BCUT2D eigenvalue weighted by atomic mass is 9.98. The molecule has 0 saturated heterocycles. The number of hydrogen-bond acceptors (Lipinski definition) is 5. The van der Waals surface area contributed by atoms with Gasteiger partial charge in [0.15, 0.2) is 9.84 Å². The zero-order valence-corrected chi connectivity index (χ0v) is 15.5. The minimum Gasteiger partial charge on any atom is -0.398 e. The van der Waals surface area contributed by atoms with Crippen molar-refractivity contribution in [3.8, 4) is 0 Å². The number of nitrogens with zero attached hydrogens (tertiary/aromatic N) is 1. The summed E-state index contributed by atoms with van der Waals surface area (Å²) in [6.45, 7) is 0. The largest absolute Gasteiger partial charge is 0.398 e. The van der Waals surface area contributed by atoms with Gasteiger partial charge in [0.25, 0.3) is 5.91 Å². The van der Waals surface area contributed by atoms with Gasteiger partial charge in [-0.1, -0.05) is 18.2 Å². The molecule has 0 aliphatic carbocycles. The smallest absolute Gasteiger partial charge is 0.256 e. The Hall–Kier alpha value is -3.19. The molecular formula is C20H19N3O3S. The highest BCUT2D eigenvalue weighted by molar-refractivity contribution is 7.90. The Balaban J connectivity index is 1.96. The number of nitrogens with two attached hydrogens (primary N) is 1. The molecule has 0 spiro atoms. The maximum Gasteiger partial charge on any atom is 0.256 e. The van der Waals surface area contributed by atoms with Crippen LogP contribution in [0.3, 0.4) is 0 Å². The third kappa shape index (κ3) is 4.32. The molecule has 0 saturated carbocycles. The molecule has 2 aromatic carbocycles. The lowest BCUT2D eigenvalue weighted by Crippen LogP contribution is -2.17. The Labute approximate surface area is 158 Å². The van der Waals surface area contributed by atoms with Crippen LogP contribution in [0.2, 0.25) is 0 Å². The van der Waals surface area contributed by atoms with E-state index in [2.05, 4.69) is 10.3 Å². The second-order valence-corrected chi connectivity index (χ2v) is 8.11. The van der Waals surface area contributed by atoms with Gasteiger partial charge in [0.05, 0.1) is 10.6 Å². The molecule has 0 aliphatic heterocycles. The summed E-state index contributed by atoms with van der Waals surface area (Å²) in [4.78, 5) is 16.9. The predicted octanol–water partition coefficient (Wildman–Crippen LogP) is 2.91. The zero-order valence-electron chi connectivity index (χ0n) is 14.7. The Morgan fingerprint density at radius 1 is 1.04 bits per heavy atom. The number of sulfone groups is 1. The lowest BCUT2D eigenvalue weighted by Gasteiger charge is -2.14. The average Bonchev–Trinajstić information content (AvgIpc) is 2.64. The topological polar surface area (TPSA) is 102 Å². The molecule has 3 aromatic rings. The standard InChI is InChI=1S/C20H19N3O3S/c1-27(25,26)19-8-3-2-7-18(19)23-20(24)15-5-4-6-17(21)16(15)13-14-9-11-22-12-10-14/h2-12H,13,21H2,1H3,(H,23,24). The fraction of sp³-hybridized carbons (Fsp3) is 0.100. The van der Waals surface area contributed by atoms with E-state index < -0.39 is 15.7 Å². The number of nitrogen functional groups attached to an aromatic ring is 1. The SMILES string of the molecule is CS(=O)(=O)c1ccccc1NC(=O)c1cccc(N)c1Cc1ccncc1. The van der Waals surface area contributed by atoms with Crippen molar-refractivity contribution < 1.29 is 13.2 Å². The van der Waals surface area contributed by atoms with Gasteiger partial charge < -0.3 is 11.1 Å². The van der Waals surface area contributed by atoms with Crippen molar-refractivity contribution in [3.05, 3.63) is 83.7 Å². The van der Waals surface area contributed by atoms with E-state index in [1.807, 2.05) is 12.1 Å². The predicted molar refractivity (Wildman–Crippen MR) is 105 cm³/mol. The van der Waals surface area contributed by atoms with Crippen LogP contribution in [-0.2, 0) is 16.3 Å². The normalized spacial score (nSPS) is 11.1. The summed E-state index contributed by atoms with van der Waals surface area (Å²) >= 11 is 0. The number of carbonyl (C=O) groups excluding carboxylic acids is 1. The molecule has 0 aliphatic rings. The molecule has 0 fully saturated rings. The van der Waals surface area contributed by atoms with Gasteiger partial charge in [-0.2, -0.15) is 0 Å². The molecule has 3 rings (SSSR count). The molecule has 1 amide bonds. The molecule has 7 heteroatoms. The molecule has 27 heavy (non-hydrogen) atoms. The second-order valence-electron chi connectivity index (χ2n) is 6.13. The van der Waals surface area contributed by atoms with Crippen LogP contribution in [-0.4, -0.2) is 25.6 Å². The Bertz CT molecular complexity index is 1080. The van der Waals surface area contributed by atoms with Crippen molar-refractivity contribution in [2.75, 3.05) is 17.3 Å². The van der Waals surface area contributed by atoms with Crippen LogP contribution in [0.25, 0.3) is 0 Å². The summed E-state index contributed by atoms with van der Waals surface area (Å²) < 4.78 is 23.9. The van der Waals surface area contributed by atoms with E-state index >= 15 is 0 Å². The number of para-hydroxylation sites is 1. The Morgan fingerprint density at radius 3 is 2.44 bits per heavy atom. The average molecular weight is 381 g/mol. The van der Waals surface area contributed by atoms with E-state index in [-0.39, 0.29) is 10.6 Å². The molecule has 0 atom stereocenters. The number of amides is 1. The van der Waals surface area contributed by atoms with Crippen LogP contribution in [0.1, 0.15) is 21.5 Å². The number of hydrogen-bond donors (Lipinski definition) is 2. The summed E-state index contributed by atoms with van der Waals surface area (Å²) in [6.07, 6.45) is 4.92. The van der Waals surface area contributed by atoms with E-state index in [1.54, 1.807) is 48.8 Å². The van der Waals surface area contributed by atoms with Crippen LogP contribution in [0.15, 0.2) is 71.9 Å². The van der Waals surface area contributed by atoms with Crippen molar-refractivity contribution in [1.29, 1.82) is 0 Å². The fourth-order valence-electron chi connectivity index (χ4n) is 2.80. The zero-order chi connectivity index (χ0) is 19.4. The van der Waals surface area contributed by atoms with Gasteiger partial charge >= 0.3 is 0 Å². The molecule has 3 N–H and O–H groups in total. The number of carbonyl (C=O) groups is 1. The van der Waals surface area contributed by atoms with Crippen molar-refractivity contribution >= 4 is 27.1 Å². The summed E-state index contributed by atoms with van der Waals surface area (Å²) in [5.41, 5.74) is 8.89. The summed E-state index contributed by atoms with van der Waals surface area (Å²) in [7, 11) is -3.47. The first-order valence-corrected chi connectivity index (χ1v) is 10.1. The molecule has 0 unspecified atom stereocenters. The highest BCUT2D eigenvalue weighted by Crippen LogP contribution is 2.25. The first-order valence-electron chi connectivity index (χ1n) is 8.23. The van der Waals surface area contributed by atoms with Gasteiger partial charge in [0, 0.05) is 36.3 Å². The first kappa shape index (κ1) is 18.6. The number of nitrogens with one attached hydrogen (secondary N) is 1. The molecule has 0 bridgehead atoms. The van der Waals surface area contributed by atoms with Gasteiger partial charge in [-0.25, -0.2) is 8.42 Å². The molecule has 138 valence electrons. The summed E-state index contributed by atoms with van der Waals surface area (Å²) in [5.74, 6) is -0.414. The van der Waals surface area contributed by atoms with Crippen LogP contribution in [0.4, 0.5) is 11.4 Å². The molecule has 6 nitrogen and oxygen atoms in total. The molecule has 0 radical (unpaired) electrons. The van der Waals surface area contributed by atoms with Crippen molar-refractivity contribution in [2.24, 2.45) is 0 Å². The highest BCUT2D eigenvalue weighted by atomic mass is 32.2. The number of aromatic nitrogens is 1. The van der Waals surface area contributed by atoms with Crippen molar-refractivity contribution in [1.82, 2.24) is 4.98 Å². The number of rotatable bonds is 5. The van der Waals surface area contributed by atoms with Crippen LogP contribution in [0, 0.1) is 0 Å². The molecular weight excluding hydrogens is 362 g/mol. The van der Waals surface area contributed by atoms with Gasteiger partial charge in [-0.15, -0.1) is 0 Å². The van der Waals surface area contributed by atoms with Crippen LogP contribution >= 0.6 is 0 Å². The van der Waals surface area contributed by atoms with E-state index in [0.717, 1.165) is 11.8 Å². The lowest BCUT2D eigenvalue weighted by molar-refractivity contribution is 0.102. The highest BCUT2D eigenvalue weighted by Gasteiger charge is 2.18. The monoisotopic (exact) mass is 381 g/mol. The fourth-order valence-corrected chi connectivity index (χ4v) is 3.65. The van der Waals surface area contributed by atoms with Gasteiger partial charge in [-0.05, 0) is 47.5 Å². The maximum atomic E-state index is 12.9. The Morgan fingerprint density at radius 2 is 1.74 bits per heavy atom. The third-order valence-electron chi connectivity index (χ3n) is 4.12. The Kier molecular flexibility index (Phi) is 5.23. The minimum absolute atomic E-state index is 0.0675. The first-order chi connectivity index (χ1) is 12.9. The summed E-state index contributed by atoms with van der Waals surface area (Å²) in [5, 5.41) is 2.70. The van der Waals surface area contributed by atoms with E-state index in [4.69, 9.17) is 5.73 Å². The minimum atomic E-state index is -3.47. The molecule has 1 heterocycles. The second kappa shape index (κ2) is 7.59. The number of pyridine rings is 1. The van der Waals surface area contributed by atoms with Crippen molar-refractivity contribution in [2.45, 2.75) is 11.3 Å². The summed E-state index contributed by atoms with van der Waals surface area (Å²) in [6, 6.07) is 15.1. The van der Waals surface area contributed by atoms with Gasteiger partial charge in [0.2, 0.25) is 0 Å². The molecule has 1 aromatic heterocycles. The number of benzene rings is 2. The third-order valence-corrected chi connectivity index (χ3v) is 5.28. The van der Waals surface area contributed by atoms with E-state index in [9.17, 15) is 13.2 Å². The van der Waals surface area contributed by atoms with Gasteiger partial charge in [0.1, 0.15) is 0 Å².